The second kappa shape index (κ2) is 6.08. The van der Waals surface area contributed by atoms with Crippen LogP contribution in [-0.2, 0) is 6.61 Å². The molecule has 4 rings (SSSR count). The van der Waals surface area contributed by atoms with Gasteiger partial charge in [-0.2, -0.15) is 0 Å². The van der Waals surface area contributed by atoms with Crippen molar-refractivity contribution in [3.63, 3.8) is 0 Å². The highest BCUT2D eigenvalue weighted by molar-refractivity contribution is 5.82. The lowest BCUT2D eigenvalue weighted by Crippen LogP contribution is -1.97. The van der Waals surface area contributed by atoms with Crippen LogP contribution < -0.4 is 4.74 Å². The summed E-state index contributed by atoms with van der Waals surface area (Å²) in [6, 6.07) is 15.4. The molecule has 6 heteroatoms. The summed E-state index contributed by atoms with van der Waals surface area (Å²) >= 11 is 0. The molecule has 0 N–H and O–H groups in total. The number of aromatic nitrogens is 3. The van der Waals surface area contributed by atoms with Crippen LogP contribution >= 0.6 is 0 Å². The lowest BCUT2D eigenvalue weighted by molar-refractivity contribution is 0.244. The highest BCUT2D eigenvalue weighted by Gasteiger charge is 2.09. The monoisotopic (exact) mass is 321 g/mol. The third kappa shape index (κ3) is 2.81. The molecule has 0 radical (unpaired) electrons. The van der Waals surface area contributed by atoms with Crippen molar-refractivity contribution in [1.29, 1.82) is 0 Å². The number of hydrogen-bond acceptors (Lipinski definition) is 5. The van der Waals surface area contributed by atoms with Gasteiger partial charge in [-0.25, -0.2) is 14.4 Å². The zero-order chi connectivity index (χ0) is 16.4. The van der Waals surface area contributed by atoms with E-state index in [4.69, 9.17) is 9.26 Å². The number of ether oxygens (including phenoxy) is 1. The van der Waals surface area contributed by atoms with Gasteiger partial charge >= 0.3 is 0 Å². The summed E-state index contributed by atoms with van der Waals surface area (Å²) in [5, 5.41) is 4.81. The van der Waals surface area contributed by atoms with E-state index in [-0.39, 0.29) is 12.4 Å². The molecule has 0 unspecified atom stereocenters. The molecule has 0 aliphatic carbocycles. The number of fused-ring (bicyclic) bond motifs is 1. The minimum Gasteiger partial charge on any atom is -0.469 e. The lowest BCUT2D eigenvalue weighted by atomic mass is 10.1. The van der Waals surface area contributed by atoms with Gasteiger partial charge in [-0.1, -0.05) is 17.3 Å². The summed E-state index contributed by atoms with van der Waals surface area (Å²) in [6.45, 7) is 0.190. The van der Waals surface area contributed by atoms with Crippen molar-refractivity contribution in [2.24, 2.45) is 0 Å². The topological polar surface area (TPSA) is 61.0 Å². The number of halogens is 1. The van der Waals surface area contributed by atoms with E-state index in [1.807, 2.05) is 24.3 Å². The van der Waals surface area contributed by atoms with Crippen LogP contribution in [0.5, 0.6) is 5.88 Å². The standard InChI is InChI=1S/C18H12FN3O2/c19-13-7-5-12(6-8-13)17-9-14(24-22-17)10-23-18-15-3-1-2-4-16(15)20-11-21-18/h1-9,11H,10H2. The first-order valence-corrected chi connectivity index (χ1v) is 7.34. The fourth-order valence-corrected chi connectivity index (χ4v) is 2.37. The molecule has 0 aliphatic heterocycles. The fraction of sp³-hybridized carbons (Fsp3) is 0.0556. The van der Waals surface area contributed by atoms with Crippen LogP contribution in [0, 0.1) is 5.82 Å². The SMILES string of the molecule is Fc1ccc(-c2cc(COc3ncnc4ccccc34)on2)cc1. The number of para-hydroxylation sites is 1. The number of hydrogen-bond donors (Lipinski definition) is 0. The van der Waals surface area contributed by atoms with Gasteiger partial charge in [0, 0.05) is 11.6 Å². The molecule has 0 saturated carbocycles. The van der Waals surface area contributed by atoms with Crippen molar-refractivity contribution in [2.75, 3.05) is 0 Å². The Hall–Kier alpha value is -3.28. The Kier molecular flexibility index (Phi) is 3.63. The van der Waals surface area contributed by atoms with E-state index < -0.39 is 0 Å². The zero-order valence-corrected chi connectivity index (χ0v) is 12.5. The lowest BCUT2D eigenvalue weighted by Gasteiger charge is -2.05. The van der Waals surface area contributed by atoms with Gasteiger partial charge in [-0.05, 0) is 36.4 Å². The van der Waals surface area contributed by atoms with Gasteiger partial charge in [0.05, 0.1) is 10.9 Å². The first-order chi connectivity index (χ1) is 11.8. The highest BCUT2D eigenvalue weighted by Crippen LogP contribution is 2.23. The van der Waals surface area contributed by atoms with Crippen molar-refractivity contribution in [2.45, 2.75) is 6.61 Å². The van der Waals surface area contributed by atoms with Gasteiger partial charge < -0.3 is 9.26 Å². The van der Waals surface area contributed by atoms with Crippen LogP contribution in [0.25, 0.3) is 22.2 Å². The van der Waals surface area contributed by atoms with Gasteiger partial charge in [0.15, 0.2) is 12.4 Å². The average molecular weight is 321 g/mol. The molecule has 0 fully saturated rings. The van der Waals surface area contributed by atoms with Gasteiger partial charge in [0.25, 0.3) is 0 Å². The summed E-state index contributed by atoms with van der Waals surface area (Å²) < 4.78 is 24.0. The van der Waals surface area contributed by atoms with Crippen LogP contribution in [-0.4, -0.2) is 15.1 Å². The molecule has 2 aromatic heterocycles. The molecule has 0 bridgehead atoms. The molecule has 4 aromatic rings. The molecule has 0 spiro atoms. The van der Waals surface area contributed by atoms with Crippen LogP contribution in [0.2, 0.25) is 0 Å². The van der Waals surface area contributed by atoms with Crippen LogP contribution in [0.1, 0.15) is 5.76 Å². The quantitative estimate of drug-likeness (QED) is 0.568. The summed E-state index contributed by atoms with van der Waals surface area (Å²) in [5.41, 5.74) is 2.21. The van der Waals surface area contributed by atoms with Crippen LogP contribution in [0.3, 0.4) is 0 Å². The Morgan fingerprint density at radius 3 is 2.71 bits per heavy atom. The maximum Gasteiger partial charge on any atom is 0.224 e. The van der Waals surface area contributed by atoms with E-state index in [0.717, 1.165) is 16.5 Å². The predicted octanol–water partition coefficient (Wildman–Crippen LogP) is 4.00. The molecule has 0 aliphatic rings. The van der Waals surface area contributed by atoms with E-state index >= 15 is 0 Å². The average Bonchev–Trinajstić information content (AvgIpc) is 3.09. The fourth-order valence-electron chi connectivity index (χ4n) is 2.37. The van der Waals surface area contributed by atoms with Gasteiger partial charge in [0.1, 0.15) is 17.8 Å². The largest absolute Gasteiger partial charge is 0.469 e. The number of benzene rings is 2. The Labute approximate surface area is 136 Å². The number of nitrogens with zero attached hydrogens (tertiary/aromatic N) is 3. The predicted molar refractivity (Wildman–Crippen MR) is 85.8 cm³/mol. The van der Waals surface area contributed by atoms with Gasteiger partial charge in [0.2, 0.25) is 5.88 Å². The summed E-state index contributed by atoms with van der Waals surface area (Å²) in [5.74, 6) is 0.749. The number of rotatable bonds is 4. The van der Waals surface area contributed by atoms with E-state index in [1.165, 1.54) is 18.5 Å². The van der Waals surface area contributed by atoms with Crippen molar-refractivity contribution in [3.05, 3.63) is 72.5 Å². The van der Waals surface area contributed by atoms with Crippen LogP contribution in [0.15, 0.2) is 65.4 Å². The maximum absolute atomic E-state index is 13.0. The van der Waals surface area contributed by atoms with Gasteiger partial charge in [-0.3, -0.25) is 0 Å². The van der Waals surface area contributed by atoms with E-state index in [0.29, 0.717) is 17.3 Å². The third-order valence-corrected chi connectivity index (χ3v) is 3.56. The smallest absolute Gasteiger partial charge is 0.224 e. The van der Waals surface area contributed by atoms with E-state index in [9.17, 15) is 4.39 Å². The second-order valence-electron chi connectivity index (χ2n) is 5.17. The minimum atomic E-state index is -0.290. The maximum atomic E-state index is 13.0. The normalized spacial score (nSPS) is 10.9. The molecule has 0 saturated heterocycles. The minimum absolute atomic E-state index is 0.190. The molecule has 0 atom stereocenters. The van der Waals surface area contributed by atoms with E-state index in [2.05, 4.69) is 15.1 Å². The third-order valence-electron chi connectivity index (χ3n) is 3.56. The Morgan fingerprint density at radius 2 is 1.83 bits per heavy atom. The zero-order valence-electron chi connectivity index (χ0n) is 12.5. The molecule has 2 heterocycles. The second-order valence-corrected chi connectivity index (χ2v) is 5.17. The van der Waals surface area contributed by atoms with Crippen molar-refractivity contribution < 1.29 is 13.7 Å². The molecular weight excluding hydrogens is 309 g/mol. The van der Waals surface area contributed by atoms with E-state index in [1.54, 1.807) is 18.2 Å². The highest BCUT2D eigenvalue weighted by atomic mass is 19.1. The van der Waals surface area contributed by atoms with Crippen LogP contribution in [0.4, 0.5) is 4.39 Å². The summed E-state index contributed by atoms with van der Waals surface area (Å²) in [6.07, 6.45) is 1.46. The molecule has 118 valence electrons. The Bertz CT molecular complexity index is 978. The van der Waals surface area contributed by atoms with Gasteiger partial charge in [-0.15, -0.1) is 0 Å². The first-order valence-electron chi connectivity index (χ1n) is 7.34. The van der Waals surface area contributed by atoms with Crippen molar-refractivity contribution >= 4 is 10.9 Å². The molecule has 24 heavy (non-hydrogen) atoms. The van der Waals surface area contributed by atoms with Crippen molar-refractivity contribution in [3.8, 4) is 17.1 Å². The van der Waals surface area contributed by atoms with Crippen molar-refractivity contribution in [1.82, 2.24) is 15.1 Å². The molecular formula is C18H12FN3O2. The Morgan fingerprint density at radius 1 is 1.00 bits per heavy atom. The first kappa shape index (κ1) is 14.3. The summed E-state index contributed by atoms with van der Waals surface area (Å²) in [7, 11) is 0. The molecule has 5 nitrogen and oxygen atoms in total. The summed E-state index contributed by atoms with van der Waals surface area (Å²) in [4.78, 5) is 8.35. The Balaban J connectivity index is 1.53. The molecule has 2 aromatic carbocycles. The molecule has 0 amide bonds.